The number of amides is 1. The van der Waals surface area contributed by atoms with Crippen LogP contribution in [0.5, 0.6) is 5.75 Å². The summed E-state index contributed by atoms with van der Waals surface area (Å²) in [6, 6.07) is 19.0. The molecule has 0 aliphatic carbocycles. The van der Waals surface area contributed by atoms with Crippen molar-refractivity contribution in [2.75, 3.05) is 49.6 Å². The quantitative estimate of drug-likeness (QED) is 0.396. The molecule has 0 radical (unpaired) electrons. The van der Waals surface area contributed by atoms with Gasteiger partial charge >= 0.3 is 0 Å². The highest BCUT2D eigenvalue weighted by Crippen LogP contribution is 2.31. The van der Waals surface area contributed by atoms with Gasteiger partial charge in [-0.05, 0) is 48.4 Å². The van der Waals surface area contributed by atoms with Crippen LogP contribution in [-0.4, -0.2) is 67.0 Å². The fraction of sp³-hybridized carbons (Fsp3) is 0.296. The molecule has 0 unspecified atom stereocenters. The van der Waals surface area contributed by atoms with Crippen molar-refractivity contribution in [2.24, 2.45) is 0 Å². The van der Waals surface area contributed by atoms with Gasteiger partial charge in [0, 0.05) is 13.1 Å². The van der Waals surface area contributed by atoms with Gasteiger partial charge in [-0.15, -0.1) is 0 Å². The Morgan fingerprint density at radius 1 is 0.949 bits per heavy atom. The number of rotatable bonds is 10. The maximum atomic E-state index is 13.7. The largest absolute Gasteiger partial charge is 0.495 e. The van der Waals surface area contributed by atoms with E-state index in [9.17, 15) is 21.6 Å². The minimum Gasteiger partial charge on any atom is -0.495 e. The molecule has 0 atom stereocenters. The number of anilines is 2. The summed E-state index contributed by atoms with van der Waals surface area (Å²) in [5.74, 6) is -0.435. The Morgan fingerprint density at radius 3 is 2.28 bits per heavy atom. The Kier molecular flexibility index (Phi) is 8.90. The van der Waals surface area contributed by atoms with Crippen LogP contribution >= 0.6 is 0 Å². The van der Waals surface area contributed by atoms with Gasteiger partial charge in [0.2, 0.25) is 15.9 Å². The summed E-state index contributed by atoms with van der Waals surface area (Å²) in [4.78, 5) is 13.4. The molecule has 1 fully saturated rings. The minimum atomic E-state index is -4.11. The number of carbonyl (C=O) groups is 1. The second kappa shape index (κ2) is 12.2. The van der Waals surface area contributed by atoms with Gasteiger partial charge in [0.25, 0.3) is 10.0 Å². The number of nitrogens with one attached hydrogen (secondary N) is 1. The van der Waals surface area contributed by atoms with Crippen molar-refractivity contribution in [3.63, 3.8) is 0 Å². The molecule has 3 aromatic rings. The summed E-state index contributed by atoms with van der Waals surface area (Å²) in [5, 5.41) is 2.66. The van der Waals surface area contributed by atoms with Crippen molar-refractivity contribution < 1.29 is 31.1 Å². The van der Waals surface area contributed by atoms with E-state index >= 15 is 0 Å². The van der Waals surface area contributed by atoms with Crippen LogP contribution in [0.2, 0.25) is 0 Å². The summed E-state index contributed by atoms with van der Waals surface area (Å²) >= 11 is 0. The van der Waals surface area contributed by atoms with Crippen LogP contribution in [0, 0.1) is 0 Å². The van der Waals surface area contributed by atoms with Crippen molar-refractivity contribution >= 4 is 37.3 Å². The summed E-state index contributed by atoms with van der Waals surface area (Å²) in [5.41, 5.74) is 1.24. The smallest absolute Gasteiger partial charge is 0.264 e. The summed E-state index contributed by atoms with van der Waals surface area (Å²) in [6.07, 6.45) is 0.549. The summed E-state index contributed by atoms with van der Waals surface area (Å²) in [7, 11) is -6.55. The van der Waals surface area contributed by atoms with Gasteiger partial charge in [-0.3, -0.25) is 9.10 Å². The number of morpholine rings is 1. The Balaban J connectivity index is 1.67. The number of hydrogen-bond acceptors (Lipinski definition) is 7. The Bertz CT molecular complexity index is 1520. The second-order valence-electron chi connectivity index (χ2n) is 8.73. The molecule has 1 amide bonds. The lowest BCUT2D eigenvalue weighted by Gasteiger charge is -2.27. The van der Waals surface area contributed by atoms with Crippen LogP contribution in [0.4, 0.5) is 11.4 Å². The zero-order valence-corrected chi connectivity index (χ0v) is 23.4. The topological polar surface area (TPSA) is 122 Å². The van der Waals surface area contributed by atoms with Gasteiger partial charge in [-0.25, -0.2) is 16.8 Å². The van der Waals surface area contributed by atoms with Crippen LogP contribution in [0.15, 0.2) is 82.6 Å². The number of nitrogens with zero attached hydrogens (tertiary/aromatic N) is 2. The molecular formula is C27H31N3O7S2. The molecule has 1 N–H and O–H groups in total. The molecule has 208 valence electrons. The molecule has 1 heterocycles. The first-order valence-corrected chi connectivity index (χ1v) is 15.3. The van der Waals surface area contributed by atoms with Crippen LogP contribution in [0.25, 0.3) is 0 Å². The fourth-order valence-electron chi connectivity index (χ4n) is 4.27. The third-order valence-electron chi connectivity index (χ3n) is 6.31. The fourth-order valence-corrected chi connectivity index (χ4v) is 7.19. The number of benzene rings is 3. The molecule has 3 aromatic carbocycles. The summed E-state index contributed by atoms with van der Waals surface area (Å²) < 4.78 is 66.7. The number of carbonyl (C=O) groups excluding carboxylic acids is 1. The van der Waals surface area contributed by atoms with E-state index in [1.54, 1.807) is 36.4 Å². The van der Waals surface area contributed by atoms with Crippen molar-refractivity contribution in [1.29, 1.82) is 0 Å². The van der Waals surface area contributed by atoms with Gasteiger partial charge in [0.1, 0.15) is 12.3 Å². The number of hydrogen-bond donors (Lipinski definition) is 1. The van der Waals surface area contributed by atoms with Gasteiger partial charge in [-0.2, -0.15) is 4.31 Å². The molecule has 1 saturated heterocycles. The second-order valence-corrected chi connectivity index (χ2v) is 12.5. The first kappa shape index (κ1) is 28.6. The van der Waals surface area contributed by atoms with E-state index in [0.717, 1.165) is 9.87 Å². The third kappa shape index (κ3) is 6.25. The van der Waals surface area contributed by atoms with E-state index in [1.807, 2.05) is 13.0 Å². The van der Waals surface area contributed by atoms with Crippen LogP contribution in [0.3, 0.4) is 0 Å². The van der Waals surface area contributed by atoms with Crippen molar-refractivity contribution in [2.45, 2.75) is 23.1 Å². The highest BCUT2D eigenvalue weighted by Gasteiger charge is 2.30. The molecule has 4 rings (SSSR count). The number of ether oxygens (including phenoxy) is 2. The molecule has 0 bridgehead atoms. The van der Waals surface area contributed by atoms with Gasteiger partial charge in [-0.1, -0.05) is 43.3 Å². The third-order valence-corrected chi connectivity index (χ3v) is 9.98. The average Bonchev–Trinajstić information content (AvgIpc) is 2.96. The standard InChI is InChI=1S/C27H31N3O7S2/c1-3-21-9-7-8-12-25(21)30(39(34,35)22-10-5-4-6-11-22)20-27(31)28-24-19-23(13-14-26(24)36-2)38(32,33)29-15-17-37-18-16-29/h4-14,19H,3,15-18,20H2,1-2H3,(H,28,31). The van der Waals surface area contributed by atoms with Crippen LogP contribution < -0.4 is 14.4 Å². The zero-order chi connectivity index (χ0) is 28.0. The minimum absolute atomic E-state index is 0.0226. The molecule has 0 aromatic heterocycles. The van der Waals surface area contributed by atoms with E-state index in [4.69, 9.17) is 9.47 Å². The first-order valence-electron chi connectivity index (χ1n) is 12.4. The highest BCUT2D eigenvalue weighted by atomic mass is 32.2. The lowest BCUT2D eigenvalue weighted by atomic mass is 10.1. The van der Waals surface area contributed by atoms with E-state index in [1.165, 1.54) is 41.7 Å². The van der Waals surface area contributed by atoms with Crippen LogP contribution in [-0.2, 0) is 36.0 Å². The predicted molar refractivity (Wildman–Crippen MR) is 148 cm³/mol. The summed E-state index contributed by atoms with van der Waals surface area (Å²) in [6.45, 7) is 2.39. The number of aryl methyl sites for hydroxylation is 1. The molecule has 1 aliphatic heterocycles. The maximum absolute atomic E-state index is 13.7. The van der Waals surface area contributed by atoms with E-state index in [-0.39, 0.29) is 34.3 Å². The molecule has 39 heavy (non-hydrogen) atoms. The zero-order valence-electron chi connectivity index (χ0n) is 21.7. The molecule has 0 saturated carbocycles. The van der Waals surface area contributed by atoms with Crippen molar-refractivity contribution in [1.82, 2.24) is 4.31 Å². The molecular weight excluding hydrogens is 542 g/mol. The Labute approximate surface area is 229 Å². The predicted octanol–water partition coefficient (Wildman–Crippen LogP) is 3.11. The number of para-hydroxylation sites is 1. The number of methoxy groups -OCH3 is 1. The lowest BCUT2D eigenvalue weighted by molar-refractivity contribution is -0.114. The normalized spacial score (nSPS) is 14.5. The van der Waals surface area contributed by atoms with Gasteiger partial charge in [0.05, 0.1) is 41.5 Å². The maximum Gasteiger partial charge on any atom is 0.264 e. The first-order chi connectivity index (χ1) is 18.7. The Hall–Kier alpha value is -3.45. The van der Waals surface area contributed by atoms with E-state index in [2.05, 4.69) is 5.32 Å². The monoisotopic (exact) mass is 573 g/mol. The van der Waals surface area contributed by atoms with Crippen molar-refractivity contribution in [3.05, 3.63) is 78.4 Å². The molecule has 10 nitrogen and oxygen atoms in total. The molecule has 1 aliphatic rings. The van der Waals surface area contributed by atoms with Gasteiger partial charge in [0.15, 0.2) is 0 Å². The molecule has 0 spiro atoms. The van der Waals surface area contributed by atoms with E-state index < -0.39 is 32.5 Å². The van der Waals surface area contributed by atoms with Gasteiger partial charge < -0.3 is 14.8 Å². The van der Waals surface area contributed by atoms with Crippen molar-refractivity contribution in [3.8, 4) is 5.75 Å². The average molecular weight is 574 g/mol. The lowest BCUT2D eigenvalue weighted by Crippen LogP contribution is -2.40. The number of sulfonamides is 2. The van der Waals surface area contributed by atoms with E-state index in [0.29, 0.717) is 25.3 Å². The van der Waals surface area contributed by atoms with Crippen LogP contribution in [0.1, 0.15) is 12.5 Å². The highest BCUT2D eigenvalue weighted by molar-refractivity contribution is 7.92. The molecule has 12 heteroatoms. The Morgan fingerprint density at radius 2 is 1.62 bits per heavy atom. The SMILES string of the molecule is CCc1ccccc1N(CC(=O)Nc1cc(S(=O)(=O)N2CCOCC2)ccc1OC)S(=O)(=O)c1ccccc1.